The summed E-state index contributed by atoms with van der Waals surface area (Å²) >= 11 is 0. The number of fused-ring (bicyclic) bond motifs is 1. The van der Waals surface area contributed by atoms with E-state index in [1.54, 1.807) is 29.3 Å². The lowest BCUT2D eigenvalue weighted by Crippen LogP contribution is -2.50. The number of para-hydroxylation sites is 2. The van der Waals surface area contributed by atoms with Gasteiger partial charge in [-0.25, -0.2) is 13.4 Å². The largest absolute Gasteiger partial charge is 0.337 e. The van der Waals surface area contributed by atoms with Crippen LogP contribution in [-0.2, 0) is 20.6 Å². The summed E-state index contributed by atoms with van der Waals surface area (Å²) in [5, 5.41) is 0. The molecule has 0 saturated carbocycles. The lowest BCUT2D eigenvalue weighted by Gasteiger charge is -2.33. The van der Waals surface area contributed by atoms with Gasteiger partial charge in [-0.3, -0.25) is 9.78 Å². The zero-order chi connectivity index (χ0) is 21.0. The van der Waals surface area contributed by atoms with Gasteiger partial charge in [-0.2, -0.15) is 4.31 Å². The molecule has 7 nitrogen and oxygen atoms in total. The van der Waals surface area contributed by atoms with Crippen molar-refractivity contribution >= 4 is 33.0 Å². The Bertz CT molecular complexity index is 1170. The van der Waals surface area contributed by atoms with Gasteiger partial charge >= 0.3 is 0 Å². The van der Waals surface area contributed by atoms with Gasteiger partial charge in [0.15, 0.2) is 0 Å². The van der Waals surface area contributed by atoms with Gasteiger partial charge in [-0.1, -0.05) is 42.5 Å². The van der Waals surface area contributed by atoms with Crippen LogP contribution in [0.4, 0.5) is 0 Å². The summed E-state index contributed by atoms with van der Waals surface area (Å²) in [5.41, 5.74) is 2.93. The fourth-order valence-corrected chi connectivity index (χ4v) is 4.89. The second-order valence-electron chi connectivity index (χ2n) is 7.08. The molecule has 0 N–H and O–H groups in total. The zero-order valence-electron chi connectivity index (χ0n) is 16.4. The molecule has 8 heteroatoms. The molecule has 1 aliphatic rings. The van der Waals surface area contributed by atoms with Gasteiger partial charge in [-0.15, -0.1) is 0 Å². The maximum absolute atomic E-state index is 12.6. The summed E-state index contributed by atoms with van der Waals surface area (Å²) < 4.78 is 26.7. The Morgan fingerprint density at radius 1 is 0.933 bits per heavy atom. The first kappa shape index (κ1) is 20.2. The van der Waals surface area contributed by atoms with Crippen molar-refractivity contribution in [3.63, 3.8) is 0 Å². The average molecular weight is 423 g/mol. The number of carbonyl (C=O) groups excluding carboxylic acids is 1. The first-order valence-corrected chi connectivity index (χ1v) is 11.3. The lowest BCUT2D eigenvalue weighted by molar-refractivity contribution is -0.127. The maximum atomic E-state index is 12.6. The smallest absolute Gasteiger partial charge is 0.246 e. The van der Waals surface area contributed by atoms with Gasteiger partial charge in [0, 0.05) is 32.3 Å². The van der Waals surface area contributed by atoms with E-state index in [0.29, 0.717) is 31.9 Å². The summed E-state index contributed by atoms with van der Waals surface area (Å²) in [6.07, 6.45) is 4.73. The van der Waals surface area contributed by atoms with E-state index in [1.807, 2.05) is 42.5 Å². The highest BCUT2D eigenvalue weighted by Crippen LogP contribution is 2.14. The number of sulfonamides is 1. The molecule has 1 saturated heterocycles. The molecule has 2 aromatic carbocycles. The van der Waals surface area contributed by atoms with Crippen LogP contribution in [0.2, 0.25) is 0 Å². The molecule has 1 fully saturated rings. The molecule has 2 heterocycles. The van der Waals surface area contributed by atoms with Gasteiger partial charge < -0.3 is 4.90 Å². The molecule has 3 aromatic rings. The van der Waals surface area contributed by atoms with Gasteiger partial charge in [0.05, 0.1) is 28.7 Å². The monoisotopic (exact) mass is 422 g/mol. The minimum Gasteiger partial charge on any atom is -0.337 e. The second-order valence-corrected chi connectivity index (χ2v) is 9.05. The second kappa shape index (κ2) is 8.73. The van der Waals surface area contributed by atoms with Crippen LogP contribution < -0.4 is 0 Å². The average Bonchev–Trinajstić information content (AvgIpc) is 2.78. The highest BCUT2D eigenvalue weighted by molar-refractivity contribution is 7.88. The third-order valence-corrected chi connectivity index (χ3v) is 6.85. The van der Waals surface area contributed by atoms with E-state index in [-0.39, 0.29) is 11.7 Å². The van der Waals surface area contributed by atoms with E-state index in [2.05, 4.69) is 9.97 Å². The molecule has 0 radical (unpaired) electrons. The summed E-state index contributed by atoms with van der Waals surface area (Å²) in [7, 11) is -3.40. The Labute approximate surface area is 175 Å². The zero-order valence-corrected chi connectivity index (χ0v) is 17.2. The van der Waals surface area contributed by atoms with Crippen molar-refractivity contribution in [3.8, 4) is 0 Å². The van der Waals surface area contributed by atoms with E-state index in [4.69, 9.17) is 0 Å². The molecule has 1 amide bonds. The molecular weight excluding hydrogens is 400 g/mol. The Morgan fingerprint density at radius 2 is 1.60 bits per heavy atom. The lowest BCUT2D eigenvalue weighted by atomic mass is 10.2. The fraction of sp³-hybridized carbons (Fsp3) is 0.227. The Hall–Kier alpha value is -3.10. The topological polar surface area (TPSA) is 83.5 Å². The molecule has 1 aromatic heterocycles. The molecule has 0 spiro atoms. The van der Waals surface area contributed by atoms with Crippen LogP contribution >= 0.6 is 0 Å². The third-order valence-electron chi connectivity index (χ3n) is 5.00. The SMILES string of the molecule is O=C(/C=C/c1cnc2ccccc2n1)N1CCN(S(=O)(=O)Cc2ccccc2)CC1. The molecule has 0 aliphatic carbocycles. The van der Waals surface area contributed by atoms with E-state index in [9.17, 15) is 13.2 Å². The fourth-order valence-electron chi connectivity index (χ4n) is 3.38. The number of amides is 1. The quantitative estimate of drug-likeness (QED) is 0.589. The van der Waals surface area contributed by atoms with Crippen molar-refractivity contribution in [1.29, 1.82) is 0 Å². The van der Waals surface area contributed by atoms with E-state index < -0.39 is 10.0 Å². The predicted octanol–water partition coefficient (Wildman–Crippen LogP) is 2.32. The van der Waals surface area contributed by atoms with Crippen LogP contribution in [0.3, 0.4) is 0 Å². The first-order chi connectivity index (χ1) is 14.5. The number of hydrogen-bond acceptors (Lipinski definition) is 5. The molecule has 4 rings (SSSR count). The van der Waals surface area contributed by atoms with Crippen LogP contribution in [0.25, 0.3) is 17.1 Å². The summed E-state index contributed by atoms with van der Waals surface area (Å²) in [6.45, 7) is 1.32. The molecule has 0 atom stereocenters. The van der Waals surface area contributed by atoms with E-state index in [0.717, 1.165) is 16.6 Å². The summed E-state index contributed by atoms with van der Waals surface area (Å²) in [4.78, 5) is 23.0. The van der Waals surface area contributed by atoms with Gasteiger partial charge in [0.2, 0.25) is 15.9 Å². The Morgan fingerprint density at radius 3 is 2.33 bits per heavy atom. The predicted molar refractivity (Wildman–Crippen MR) is 116 cm³/mol. The highest BCUT2D eigenvalue weighted by atomic mass is 32.2. The highest BCUT2D eigenvalue weighted by Gasteiger charge is 2.28. The normalized spacial score (nSPS) is 15.7. The molecule has 30 heavy (non-hydrogen) atoms. The number of carbonyl (C=O) groups is 1. The van der Waals surface area contributed by atoms with Gasteiger partial charge in [0.25, 0.3) is 0 Å². The van der Waals surface area contributed by atoms with Gasteiger partial charge in [-0.05, 0) is 23.8 Å². The standard InChI is InChI=1S/C22H22N4O3S/c27-22(11-10-19-16-23-20-8-4-5-9-21(20)24-19)25-12-14-26(15-13-25)30(28,29)17-18-6-2-1-3-7-18/h1-11,16H,12-15,17H2/b11-10+. The van der Waals surface area contributed by atoms with Gasteiger partial charge in [0.1, 0.15) is 0 Å². The van der Waals surface area contributed by atoms with E-state index >= 15 is 0 Å². The van der Waals surface area contributed by atoms with Crippen LogP contribution in [0.5, 0.6) is 0 Å². The number of piperazine rings is 1. The number of nitrogens with zero attached hydrogens (tertiary/aromatic N) is 4. The molecular formula is C22H22N4O3S. The minimum absolute atomic E-state index is 0.0255. The molecule has 154 valence electrons. The number of benzene rings is 2. The van der Waals surface area contributed by atoms with Crippen LogP contribution in [0.15, 0.2) is 66.9 Å². The van der Waals surface area contributed by atoms with Crippen molar-refractivity contribution in [2.45, 2.75) is 5.75 Å². The molecule has 0 bridgehead atoms. The Balaban J connectivity index is 1.35. The number of hydrogen-bond donors (Lipinski definition) is 0. The van der Waals surface area contributed by atoms with Crippen LogP contribution in [0.1, 0.15) is 11.3 Å². The maximum Gasteiger partial charge on any atom is 0.246 e. The molecule has 1 aliphatic heterocycles. The Kier molecular flexibility index (Phi) is 5.87. The molecule has 0 unspecified atom stereocenters. The summed E-state index contributed by atoms with van der Waals surface area (Å²) in [5.74, 6) is -0.187. The first-order valence-electron chi connectivity index (χ1n) is 9.72. The third kappa shape index (κ3) is 4.72. The van der Waals surface area contributed by atoms with Crippen molar-refractivity contribution in [2.75, 3.05) is 26.2 Å². The van der Waals surface area contributed by atoms with Crippen molar-refractivity contribution in [3.05, 3.63) is 78.1 Å². The van der Waals surface area contributed by atoms with Crippen molar-refractivity contribution in [2.24, 2.45) is 0 Å². The van der Waals surface area contributed by atoms with Crippen molar-refractivity contribution in [1.82, 2.24) is 19.2 Å². The van der Waals surface area contributed by atoms with Crippen LogP contribution in [0, 0.1) is 0 Å². The minimum atomic E-state index is -3.40. The number of rotatable bonds is 5. The van der Waals surface area contributed by atoms with Crippen LogP contribution in [-0.4, -0.2) is 59.7 Å². The number of aromatic nitrogens is 2. The van der Waals surface area contributed by atoms with E-state index in [1.165, 1.54) is 10.4 Å². The van der Waals surface area contributed by atoms with Crippen molar-refractivity contribution < 1.29 is 13.2 Å². The summed E-state index contributed by atoms with van der Waals surface area (Å²) in [6, 6.07) is 16.7.